The van der Waals surface area contributed by atoms with Crippen LogP contribution in [0.1, 0.15) is 71.6 Å². The molecule has 2 fully saturated rings. The maximum absolute atomic E-state index is 12.7. The van der Waals surface area contributed by atoms with Crippen LogP contribution >= 0.6 is 0 Å². The Morgan fingerprint density at radius 3 is 2.37 bits per heavy atom. The summed E-state index contributed by atoms with van der Waals surface area (Å²) in [6.45, 7) is 3.22. The highest BCUT2D eigenvalue weighted by Crippen LogP contribution is 2.38. The molecule has 3 aliphatic heterocycles. The summed E-state index contributed by atoms with van der Waals surface area (Å²) < 4.78 is 22.8. The number of aliphatic carboxylic acids is 1. The molecule has 0 amide bonds. The van der Waals surface area contributed by atoms with Crippen molar-refractivity contribution in [2.24, 2.45) is 17.6 Å². The van der Waals surface area contributed by atoms with Crippen LogP contribution in [0.2, 0.25) is 0 Å². The number of hydrogen-bond donors (Lipinski definition) is 8. The molecule has 2 bridgehead atoms. The highest BCUT2D eigenvalue weighted by molar-refractivity contribution is 5.80. The van der Waals surface area contributed by atoms with E-state index in [2.05, 4.69) is 0 Å². The average molecular weight is 726 g/mol. The van der Waals surface area contributed by atoms with Gasteiger partial charge in [0.1, 0.15) is 23.9 Å². The van der Waals surface area contributed by atoms with Gasteiger partial charge < -0.3 is 60.4 Å². The van der Waals surface area contributed by atoms with Crippen LogP contribution in [0.15, 0.2) is 48.6 Å². The minimum atomic E-state index is -2.15. The Morgan fingerprint density at radius 1 is 1.00 bits per heavy atom. The van der Waals surface area contributed by atoms with Gasteiger partial charge in [-0.05, 0) is 26.2 Å². The first-order valence-corrected chi connectivity index (χ1v) is 17.6. The number of carboxylic acids is 1. The van der Waals surface area contributed by atoms with Crippen molar-refractivity contribution in [2.75, 3.05) is 6.61 Å². The number of carbonyl (C=O) groups excluding carboxylic acids is 2. The second-order valence-corrected chi connectivity index (χ2v) is 13.6. The number of allylic oxidation sites excluding steroid dienone is 6. The summed E-state index contributed by atoms with van der Waals surface area (Å²) in [4.78, 5) is 37.7. The zero-order valence-corrected chi connectivity index (χ0v) is 29.2. The first-order chi connectivity index (χ1) is 24.1. The second-order valence-electron chi connectivity index (χ2n) is 13.6. The number of aliphatic hydroxyl groups is 6. The van der Waals surface area contributed by atoms with Gasteiger partial charge in [0.2, 0.25) is 0 Å². The van der Waals surface area contributed by atoms with Gasteiger partial charge in [-0.3, -0.25) is 14.4 Å². The molecule has 51 heavy (non-hydrogen) atoms. The lowest BCUT2D eigenvalue weighted by Crippen LogP contribution is -2.59. The Morgan fingerprint density at radius 2 is 1.69 bits per heavy atom. The number of esters is 1. The van der Waals surface area contributed by atoms with E-state index in [-0.39, 0.29) is 50.9 Å². The van der Waals surface area contributed by atoms with Crippen LogP contribution in [-0.4, -0.2) is 127 Å². The van der Waals surface area contributed by atoms with E-state index in [1.165, 1.54) is 0 Å². The van der Waals surface area contributed by atoms with E-state index >= 15 is 0 Å². The summed E-state index contributed by atoms with van der Waals surface area (Å²) in [7, 11) is 0. The third-order valence-electron chi connectivity index (χ3n) is 9.32. The number of ether oxygens (including phenoxy) is 4. The lowest BCUT2D eigenvalue weighted by atomic mass is 9.83. The summed E-state index contributed by atoms with van der Waals surface area (Å²) >= 11 is 0. The van der Waals surface area contributed by atoms with E-state index in [0.29, 0.717) is 6.42 Å². The van der Waals surface area contributed by atoms with E-state index in [1.54, 1.807) is 62.5 Å². The standard InChI is InChI=1S/C36H55NO14/c1-3-25-26(40)16-22(38)13-11-14-23(39)18-36(47)19-27(41)30(33(44)45)29(51-36)17-24(50-35-32(43)31(37)28(42)20-48-35)15-10-8-6-4-5-7-9-12-21(2)49-34(25)46/h4-10,15,21,23-32,35,39-43,47H,3,11-14,16-20,37H2,1-2H3,(H,44,45)/b5-4+,8-6+,9-7+,15-10+/t21-,23+,24?,25?,26-,27+,28-,29+,30-,31+,32+,35?,36?/m1/s1. The average Bonchev–Trinajstić information content (AvgIpc) is 3.03. The fraction of sp³-hybridized carbons (Fsp3) is 0.694. The molecule has 15 heteroatoms. The molecule has 3 aliphatic rings. The minimum Gasteiger partial charge on any atom is -0.481 e. The Labute approximate surface area is 298 Å². The van der Waals surface area contributed by atoms with Crippen molar-refractivity contribution in [3.63, 3.8) is 0 Å². The summed E-state index contributed by atoms with van der Waals surface area (Å²) in [5, 5.41) is 74.3. The Hall–Kier alpha value is -2.83. The normalized spacial score (nSPS) is 42.6. The Kier molecular flexibility index (Phi) is 17.1. The van der Waals surface area contributed by atoms with Crippen molar-refractivity contribution >= 4 is 17.7 Å². The topological polar surface area (TPSA) is 256 Å². The van der Waals surface area contributed by atoms with Crippen molar-refractivity contribution in [1.82, 2.24) is 0 Å². The molecule has 0 saturated carbocycles. The van der Waals surface area contributed by atoms with Gasteiger partial charge in [0.25, 0.3) is 0 Å². The number of fused-ring (bicyclic) bond motifs is 2. The predicted octanol–water partition coefficient (Wildman–Crippen LogP) is 0.534. The smallest absolute Gasteiger partial charge is 0.311 e. The number of cyclic esters (lactones) is 1. The van der Waals surface area contributed by atoms with Gasteiger partial charge >= 0.3 is 11.9 Å². The molecule has 0 aliphatic carbocycles. The zero-order valence-electron chi connectivity index (χ0n) is 29.2. The van der Waals surface area contributed by atoms with Gasteiger partial charge in [-0.25, -0.2) is 0 Å². The Bertz CT molecular complexity index is 1250. The quantitative estimate of drug-likeness (QED) is 0.184. The molecule has 0 aromatic carbocycles. The number of carboxylic acid groups (broad SMARTS) is 1. The van der Waals surface area contributed by atoms with E-state index < -0.39 is 104 Å². The first kappa shape index (κ1) is 42.6. The predicted molar refractivity (Wildman–Crippen MR) is 181 cm³/mol. The number of Topliss-reactive ketones (excluding diaryl/α,β-unsaturated/α-hetero) is 1. The van der Waals surface area contributed by atoms with Gasteiger partial charge in [-0.1, -0.05) is 55.5 Å². The molecule has 2 saturated heterocycles. The van der Waals surface area contributed by atoms with Crippen molar-refractivity contribution in [3.8, 4) is 0 Å². The molecule has 9 N–H and O–H groups in total. The number of carbonyl (C=O) groups is 3. The summed E-state index contributed by atoms with van der Waals surface area (Å²) in [5.74, 6) is -6.83. The van der Waals surface area contributed by atoms with Crippen LogP contribution < -0.4 is 5.73 Å². The SMILES string of the molecule is CCC1C(=O)O[C@H](C)C/C=C/C=C/C=C/C=C/C(OC2OC[C@@H](O)[C@H](N)[C@@H]2O)C[C@@H]2OC(O)(C[C@@H](O)CCCC(=O)C[C@H]1O)C[C@H](O)[C@H]2C(=O)O. The van der Waals surface area contributed by atoms with Crippen molar-refractivity contribution in [2.45, 2.75) is 139 Å². The third-order valence-corrected chi connectivity index (χ3v) is 9.32. The molecular formula is C36H55NO14. The maximum Gasteiger partial charge on any atom is 0.311 e. The van der Waals surface area contributed by atoms with Crippen LogP contribution in [-0.2, 0) is 33.3 Å². The van der Waals surface area contributed by atoms with E-state index in [4.69, 9.17) is 24.7 Å². The fourth-order valence-corrected chi connectivity index (χ4v) is 6.47. The van der Waals surface area contributed by atoms with Gasteiger partial charge in [0, 0.05) is 38.5 Å². The van der Waals surface area contributed by atoms with Crippen LogP contribution in [0.5, 0.6) is 0 Å². The minimum absolute atomic E-state index is 0.0183. The molecule has 0 radical (unpaired) electrons. The molecule has 3 heterocycles. The van der Waals surface area contributed by atoms with Gasteiger partial charge in [-0.2, -0.15) is 0 Å². The van der Waals surface area contributed by atoms with Crippen LogP contribution in [0, 0.1) is 11.8 Å². The van der Waals surface area contributed by atoms with Crippen molar-refractivity contribution in [3.05, 3.63) is 48.6 Å². The molecule has 0 spiro atoms. The molecule has 3 rings (SSSR count). The number of ketones is 1. The first-order valence-electron chi connectivity index (χ1n) is 17.6. The lowest BCUT2D eigenvalue weighted by molar-refractivity contribution is -0.305. The molecule has 4 unspecified atom stereocenters. The third kappa shape index (κ3) is 13.3. The fourth-order valence-electron chi connectivity index (χ4n) is 6.47. The van der Waals surface area contributed by atoms with E-state index in [1.807, 2.05) is 0 Å². The highest BCUT2D eigenvalue weighted by atomic mass is 16.7. The lowest BCUT2D eigenvalue weighted by Gasteiger charge is -2.44. The number of rotatable bonds is 4. The molecule has 15 nitrogen and oxygen atoms in total. The molecule has 0 aromatic heterocycles. The molecule has 288 valence electrons. The number of aliphatic hydroxyl groups excluding tert-OH is 5. The zero-order chi connectivity index (χ0) is 37.7. The van der Waals surface area contributed by atoms with E-state index in [9.17, 15) is 50.1 Å². The summed E-state index contributed by atoms with van der Waals surface area (Å²) in [6.07, 6.45) is 2.23. The van der Waals surface area contributed by atoms with Crippen LogP contribution in [0.3, 0.4) is 0 Å². The number of hydrogen-bond acceptors (Lipinski definition) is 14. The monoisotopic (exact) mass is 725 g/mol. The second kappa shape index (κ2) is 20.4. The Balaban J connectivity index is 1.87. The van der Waals surface area contributed by atoms with Gasteiger partial charge in [0.05, 0.1) is 55.2 Å². The molecule has 0 aromatic rings. The summed E-state index contributed by atoms with van der Waals surface area (Å²) in [5.41, 5.74) is 5.89. The van der Waals surface area contributed by atoms with Crippen molar-refractivity contribution in [1.29, 1.82) is 0 Å². The molecular weight excluding hydrogens is 670 g/mol. The molecule has 13 atom stereocenters. The highest BCUT2D eigenvalue weighted by Gasteiger charge is 2.50. The number of nitrogens with two attached hydrogens (primary N) is 1. The summed E-state index contributed by atoms with van der Waals surface area (Å²) in [6, 6.07) is -1.08. The van der Waals surface area contributed by atoms with Gasteiger partial charge in [0.15, 0.2) is 12.1 Å². The van der Waals surface area contributed by atoms with Crippen LogP contribution in [0.25, 0.3) is 0 Å². The van der Waals surface area contributed by atoms with Gasteiger partial charge in [-0.15, -0.1) is 0 Å². The van der Waals surface area contributed by atoms with E-state index in [0.717, 1.165) is 0 Å². The van der Waals surface area contributed by atoms with Crippen LogP contribution in [0.4, 0.5) is 0 Å². The largest absolute Gasteiger partial charge is 0.481 e. The maximum atomic E-state index is 12.7. The van der Waals surface area contributed by atoms with Crippen molar-refractivity contribution < 1.29 is 69.1 Å².